The highest BCUT2D eigenvalue weighted by atomic mass is 19.4. The van der Waals surface area contributed by atoms with Crippen LogP contribution in [-0.4, -0.2) is 61.1 Å². The van der Waals surface area contributed by atoms with Crippen molar-refractivity contribution in [1.82, 2.24) is 24.8 Å². The standard InChI is InChI=1S/C24H30F3N7O2/c1-12(2)20(35)22(36)34-6-4-14(5-7-34)13(3)32-23-31-11-18(28)19(33-23)17-10-30-21-16(17)8-15(9-29-21)24(25,26)27/h8-14,20,35H,4-7,28H2,1-3H3,(H,29,30)(H,31,32,33)/t13-,20-/m1/s1. The molecule has 1 amide bonds. The lowest BCUT2D eigenvalue weighted by atomic mass is 9.90. The molecule has 1 saturated heterocycles. The van der Waals surface area contributed by atoms with Crippen LogP contribution in [0.3, 0.4) is 0 Å². The molecule has 0 radical (unpaired) electrons. The maximum Gasteiger partial charge on any atom is 0.417 e. The summed E-state index contributed by atoms with van der Waals surface area (Å²) in [7, 11) is 0. The van der Waals surface area contributed by atoms with Gasteiger partial charge in [0.2, 0.25) is 5.95 Å². The average Bonchev–Trinajstić information content (AvgIpc) is 3.27. The number of carbonyl (C=O) groups is 1. The molecular weight excluding hydrogens is 475 g/mol. The van der Waals surface area contributed by atoms with Gasteiger partial charge in [-0.3, -0.25) is 4.79 Å². The van der Waals surface area contributed by atoms with E-state index in [0.29, 0.717) is 35.9 Å². The third-order valence-corrected chi connectivity index (χ3v) is 6.73. The normalized spacial score (nSPS) is 16.9. The molecule has 2 atom stereocenters. The summed E-state index contributed by atoms with van der Waals surface area (Å²) >= 11 is 0. The number of likely N-dealkylation sites (tertiary alicyclic amines) is 1. The smallest absolute Gasteiger partial charge is 0.396 e. The maximum absolute atomic E-state index is 13.2. The number of aromatic amines is 1. The second-order valence-electron chi connectivity index (χ2n) is 9.60. The molecule has 9 nitrogen and oxygen atoms in total. The number of aliphatic hydroxyl groups is 1. The molecule has 36 heavy (non-hydrogen) atoms. The zero-order chi connectivity index (χ0) is 26.2. The molecule has 0 unspecified atom stereocenters. The predicted molar refractivity (Wildman–Crippen MR) is 130 cm³/mol. The molecule has 4 heterocycles. The number of hydrogen-bond acceptors (Lipinski definition) is 7. The highest BCUT2D eigenvalue weighted by molar-refractivity contribution is 5.95. The molecule has 3 aromatic rings. The first-order chi connectivity index (χ1) is 17.0. The number of rotatable bonds is 6. The number of carbonyl (C=O) groups excluding carboxylic acids is 1. The van der Waals surface area contributed by atoms with Gasteiger partial charge in [-0.05, 0) is 37.7 Å². The lowest BCUT2D eigenvalue weighted by Gasteiger charge is -2.36. The number of alkyl halides is 3. The average molecular weight is 506 g/mol. The van der Waals surface area contributed by atoms with Crippen LogP contribution in [0.25, 0.3) is 22.3 Å². The van der Waals surface area contributed by atoms with Crippen molar-refractivity contribution in [2.45, 2.75) is 51.9 Å². The van der Waals surface area contributed by atoms with Crippen LogP contribution < -0.4 is 11.1 Å². The number of fused-ring (bicyclic) bond motifs is 1. The number of anilines is 2. The van der Waals surface area contributed by atoms with Crippen molar-refractivity contribution in [3.8, 4) is 11.3 Å². The van der Waals surface area contributed by atoms with Crippen LogP contribution in [0.4, 0.5) is 24.8 Å². The number of nitrogens with two attached hydrogens (primary N) is 1. The number of hydrogen-bond donors (Lipinski definition) is 4. The largest absolute Gasteiger partial charge is 0.417 e. The van der Waals surface area contributed by atoms with E-state index in [2.05, 4.69) is 25.3 Å². The summed E-state index contributed by atoms with van der Waals surface area (Å²) in [6, 6.07) is 0.992. The maximum atomic E-state index is 13.2. The van der Waals surface area contributed by atoms with Crippen molar-refractivity contribution in [3.63, 3.8) is 0 Å². The highest BCUT2D eigenvalue weighted by Crippen LogP contribution is 2.35. The molecule has 0 saturated carbocycles. The van der Waals surface area contributed by atoms with Crippen molar-refractivity contribution in [2.24, 2.45) is 11.8 Å². The minimum Gasteiger partial charge on any atom is -0.396 e. The van der Waals surface area contributed by atoms with Crippen molar-refractivity contribution in [3.05, 3.63) is 30.2 Å². The number of H-pyrrole nitrogens is 1. The van der Waals surface area contributed by atoms with Crippen LogP contribution in [0.2, 0.25) is 0 Å². The summed E-state index contributed by atoms with van der Waals surface area (Å²) in [5, 5.41) is 13.6. The molecule has 1 aliphatic rings. The number of piperidine rings is 1. The number of amides is 1. The Labute approximate surface area is 206 Å². The Kier molecular flexibility index (Phi) is 7.07. The number of aliphatic hydroxyl groups excluding tert-OH is 1. The SMILES string of the molecule is CC(C)[C@@H](O)C(=O)N1CCC([C@@H](C)Nc2ncc(N)c(-c3c[nH]c4ncc(C(F)(F)F)cc34)n2)CC1. The molecular formula is C24H30F3N7O2. The van der Waals surface area contributed by atoms with Gasteiger partial charge in [0.15, 0.2) is 0 Å². The van der Waals surface area contributed by atoms with Crippen molar-refractivity contribution in [1.29, 1.82) is 0 Å². The van der Waals surface area contributed by atoms with E-state index < -0.39 is 17.8 Å². The van der Waals surface area contributed by atoms with E-state index in [1.165, 1.54) is 12.4 Å². The summed E-state index contributed by atoms with van der Waals surface area (Å²) < 4.78 is 39.7. The van der Waals surface area contributed by atoms with Crippen molar-refractivity contribution in [2.75, 3.05) is 24.1 Å². The molecule has 1 aliphatic heterocycles. The molecule has 12 heteroatoms. The van der Waals surface area contributed by atoms with E-state index >= 15 is 0 Å². The zero-order valence-corrected chi connectivity index (χ0v) is 20.3. The molecule has 5 N–H and O–H groups in total. The summed E-state index contributed by atoms with van der Waals surface area (Å²) in [6.45, 7) is 6.72. The third kappa shape index (κ3) is 5.23. The molecule has 0 aromatic carbocycles. The lowest BCUT2D eigenvalue weighted by Crippen LogP contribution is -2.47. The Bertz CT molecular complexity index is 1240. The van der Waals surface area contributed by atoms with Gasteiger partial charge in [-0.2, -0.15) is 13.2 Å². The summed E-state index contributed by atoms with van der Waals surface area (Å²) in [6.07, 6.45) is -0.286. The monoisotopic (exact) mass is 505 g/mol. The van der Waals surface area contributed by atoms with E-state index in [9.17, 15) is 23.1 Å². The fourth-order valence-electron chi connectivity index (χ4n) is 4.44. The Morgan fingerprint density at radius 3 is 2.56 bits per heavy atom. The van der Waals surface area contributed by atoms with Crippen LogP contribution in [0.15, 0.2) is 24.7 Å². The minimum absolute atomic E-state index is 0.0322. The number of pyridine rings is 1. The predicted octanol–water partition coefficient (Wildman–Crippen LogP) is 3.68. The molecule has 0 aliphatic carbocycles. The van der Waals surface area contributed by atoms with Gasteiger partial charge in [-0.15, -0.1) is 0 Å². The third-order valence-electron chi connectivity index (χ3n) is 6.73. The van der Waals surface area contributed by atoms with Gasteiger partial charge in [0, 0.05) is 42.5 Å². The van der Waals surface area contributed by atoms with E-state index in [4.69, 9.17) is 5.73 Å². The van der Waals surface area contributed by atoms with Crippen LogP contribution in [0.1, 0.15) is 39.2 Å². The first kappa shape index (κ1) is 25.7. The fraction of sp³-hybridized carbons (Fsp3) is 0.500. The Morgan fingerprint density at radius 1 is 1.22 bits per heavy atom. The van der Waals surface area contributed by atoms with Gasteiger partial charge in [-0.25, -0.2) is 15.0 Å². The molecule has 194 valence electrons. The van der Waals surface area contributed by atoms with E-state index in [1.54, 1.807) is 4.90 Å². The van der Waals surface area contributed by atoms with Crippen molar-refractivity contribution >= 4 is 28.6 Å². The second kappa shape index (κ2) is 9.92. The van der Waals surface area contributed by atoms with Gasteiger partial charge in [0.1, 0.15) is 17.4 Å². The first-order valence-corrected chi connectivity index (χ1v) is 11.9. The van der Waals surface area contributed by atoms with Crippen LogP contribution in [0, 0.1) is 11.8 Å². The lowest BCUT2D eigenvalue weighted by molar-refractivity contribution is -0.143. The van der Waals surface area contributed by atoms with Crippen LogP contribution in [-0.2, 0) is 11.0 Å². The fourth-order valence-corrected chi connectivity index (χ4v) is 4.44. The summed E-state index contributed by atoms with van der Waals surface area (Å²) in [5.74, 6) is 0.161. The van der Waals surface area contributed by atoms with Gasteiger partial charge in [-0.1, -0.05) is 13.8 Å². The van der Waals surface area contributed by atoms with E-state index in [0.717, 1.165) is 25.1 Å². The molecule has 3 aromatic heterocycles. The highest BCUT2D eigenvalue weighted by Gasteiger charge is 2.32. The number of nitrogen functional groups attached to an aromatic ring is 1. The number of nitrogens with one attached hydrogen (secondary N) is 2. The quantitative estimate of drug-likeness (QED) is 0.402. The molecule has 4 rings (SSSR count). The van der Waals surface area contributed by atoms with Gasteiger partial charge in [0.05, 0.1) is 17.4 Å². The Hall–Kier alpha value is -3.41. The minimum atomic E-state index is -4.53. The topological polar surface area (TPSA) is 133 Å². The van der Waals surface area contributed by atoms with Crippen LogP contribution in [0.5, 0.6) is 0 Å². The molecule has 1 fully saturated rings. The second-order valence-corrected chi connectivity index (χ2v) is 9.60. The number of aromatic nitrogens is 4. The number of nitrogens with zero attached hydrogens (tertiary/aromatic N) is 4. The molecule has 0 bridgehead atoms. The van der Waals surface area contributed by atoms with Gasteiger partial charge >= 0.3 is 6.18 Å². The van der Waals surface area contributed by atoms with E-state index in [1.807, 2.05) is 20.8 Å². The van der Waals surface area contributed by atoms with Crippen molar-refractivity contribution < 1.29 is 23.1 Å². The van der Waals surface area contributed by atoms with E-state index in [-0.39, 0.29) is 34.9 Å². The number of halogens is 3. The zero-order valence-electron chi connectivity index (χ0n) is 20.3. The Morgan fingerprint density at radius 2 is 1.92 bits per heavy atom. The summed E-state index contributed by atoms with van der Waals surface area (Å²) in [4.78, 5) is 29.6. The van der Waals surface area contributed by atoms with Crippen LogP contribution >= 0.6 is 0 Å². The van der Waals surface area contributed by atoms with Gasteiger partial charge < -0.3 is 26.0 Å². The summed E-state index contributed by atoms with van der Waals surface area (Å²) in [5.41, 5.74) is 6.45. The molecule has 0 spiro atoms. The first-order valence-electron chi connectivity index (χ1n) is 11.9. The van der Waals surface area contributed by atoms with Gasteiger partial charge in [0.25, 0.3) is 5.91 Å². The Balaban J connectivity index is 1.49.